The van der Waals surface area contributed by atoms with Crippen molar-refractivity contribution in [3.8, 4) is 17.0 Å². The van der Waals surface area contributed by atoms with Crippen LogP contribution in [0.2, 0.25) is 0 Å². The van der Waals surface area contributed by atoms with E-state index in [0.717, 1.165) is 18.2 Å². The third kappa shape index (κ3) is 5.55. The molecule has 133 valence electrons. The van der Waals surface area contributed by atoms with Gasteiger partial charge in [0.05, 0.1) is 18.2 Å². The maximum Gasteiger partial charge on any atom is 0.256 e. The minimum absolute atomic E-state index is 0. The van der Waals surface area contributed by atoms with E-state index in [1.54, 1.807) is 6.26 Å². The number of halogens is 5. The van der Waals surface area contributed by atoms with Gasteiger partial charge in [-0.25, -0.2) is 17.6 Å². The molecule has 0 saturated heterocycles. The summed E-state index contributed by atoms with van der Waals surface area (Å²) in [5, 5.41) is 0. The predicted molar refractivity (Wildman–Crippen MR) is 87.6 cm³/mol. The van der Waals surface area contributed by atoms with Gasteiger partial charge in [-0.15, -0.1) is 27.7 Å². The Hall–Kier alpha value is -0.376. The molecule has 2 aromatic rings. The number of pyridine rings is 1. The monoisotopic (exact) mass is 513 g/mol. The summed E-state index contributed by atoms with van der Waals surface area (Å²) < 4.78 is 59.8. The van der Waals surface area contributed by atoms with Gasteiger partial charge in [-0.2, -0.15) is 12.1 Å². The van der Waals surface area contributed by atoms with Gasteiger partial charge in [0.15, 0.2) is 0 Å². The van der Waals surface area contributed by atoms with Crippen molar-refractivity contribution in [2.75, 3.05) is 12.2 Å². The molecule has 0 unspecified atom stereocenters. The zero-order valence-corrected chi connectivity index (χ0v) is 18.1. The number of benzene rings is 1. The molecule has 0 fully saturated rings. The van der Waals surface area contributed by atoms with Crippen LogP contribution in [0.4, 0.5) is 17.6 Å². The van der Waals surface area contributed by atoms with Crippen LogP contribution in [0.3, 0.4) is 0 Å². The number of hydrogen-bond acceptors (Lipinski definition) is 3. The fourth-order valence-electron chi connectivity index (χ4n) is 2.01. The summed E-state index contributed by atoms with van der Waals surface area (Å²) >= 11 is 4.21. The summed E-state index contributed by atoms with van der Waals surface area (Å²) in [4.78, 5) is 12.0. The third-order valence-corrected chi connectivity index (χ3v) is 3.89. The second-order valence-corrected chi connectivity index (χ2v) is 6.27. The van der Waals surface area contributed by atoms with Crippen LogP contribution in [-0.2, 0) is 39.3 Å². The molecule has 0 aliphatic carbocycles. The van der Waals surface area contributed by atoms with Crippen molar-refractivity contribution in [2.45, 2.75) is 13.0 Å². The maximum absolute atomic E-state index is 14.3. The summed E-state index contributed by atoms with van der Waals surface area (Å²) in [5.41, 5.74) is -1.84. The molecule has 0 spiro atoms. The van der Waals surface area contributed by atoms with Crippen LogP contribution < -0.4 is 10.3 Å². The maximum atomic E-state index is 14.3. The minimum Gasteiger partial charge on any atom is -0.483 e. The second kappa shape index (κ2) is 10.1. The molecule has 0 aliphatic rings. The second-order valence-electron chi connectivity index (χ2n) is 4.60. The summed E-state index contributed by atoms with van der Waals surface area (Å²) in [6.07, 6.45) is -1.12. The molecule has 0 amide bonds. The third-order valence-electron chi connectivity index (χ3n) is 2.97. The Morgan fingerprint density at radius 1 is 1.32 bits per heavy atom. The number of hydrogen-bond donors (Lipinski definition) is 0. The molecule has 2 rings (SSSR count). The van der Waals surface area contributed by atoms with Gasteiger partial charge in [-0.1, -0.05) is 5.69 Å². The van der Waals surface area contributed by atoms with Crippen LogP contribution in [0.25, 0.3) is 11.3 Å². The van der Waals surface area contributed by atoms with E-state index in [1.807, 2.05) is 0 Å². The zero-order chi connectivity index (χ0) is 17.9. The topological polar surface area (TPSA) is 31.2 Å². The molecule has 0 saturated carbocycles. The van der Waals surface area contributed by atoms with E-state index in [1.165, 1.54) is 11.8 Å². The van der Waals surface area contributed by atoms with Gasteiger partial charge in [0.1, 0.15) is 11.7 Å². The normalized spacial score (nSPS) is 10.7. The van der Waals surface area contributed by atoms with E-state index in [0.29, 0.717) is 4.57 Å². The van der Waals surface area contributed by atoms with Crippen LogP contribution in [0, 0.1) is 17.7 Å². The van der Waals surface area contributed by atoms with Crippen molar-refractivity contribution >= 4 is 27.7 Å². The first-order valence-corrected chi connectivity index (χ1v) is 8.74. The molecule has 1 aromatic heterocycles. The van der Waals surface area contributed by atoms with Gasteiger partial charge < -0.3 is 9.30 Å². The van der Waals surface area contributed by atoms with Gasteiger partial charge in [0.2, 0.25) is 5.56 Å². The number of aromatic nitrogens is 1. The SMILES string of the molecule is CSCOc1cc(F)c(-c2[c-]cc(Br)c(=O)n2CC(F)F)c(F)c1.[Y]. The van der Waals surface area contributed by atoms with Gasteiger partial charge in [0.25, 0.3) is 6.43 Å². The molecule has 1 aromatic carbocycles. The molecule has 0 atom stereocenters. The Balaban J connectivity index is 0.00000312. The molecule has 3 nitrogen and oxygen atoms in total. The molecule has 10 heteroatoms. The quantitative estimate of drug-likeness (QED) is 0.327. The van der Waals surface area contributed by atoms with Gasteiger partial charge in [0, 0.05) is 44.8 Å². The Morgan fingerprint density at radius 2 is 1.92 bits per heavy atom. The summed E-state index contributed by atoms with van der Waals surface area (Å²) in [5.74, 6) is -1.92. The smallest absolute Gasteiger partial charge is 0.256 e. The van der Waals surface area contributed by atoms with E-state index < -0.39 is 41.4 Å². The van der Waals surface area contributed by atoms with Crippen molar-refractivity contribution in [3.05, 3.63) is 50.7 Å². The molecule has 1 heterocycles. The minimum atomic E-state index is -2.88. The number of thioether (sulfide) groups is 1. The first-order chi connectivity index (χ1) is 11.3. The Bertz CT molecular complexity index is 781. The molecular weight excluding hydrogens is 503 g/mol. The number of ether oxygens (including phenoxy) is 1. The van der Waals surface area contributed by atoms with Crippen LogP contribution in [0.5, 0.6) is 5.75 Å². The molecule has 0 aliphatic heterocycles. The molecule has 0 bridgehead atoms. The summed E-state index contributed by atoms with van der Waals surface area (Å²) in [6.45, 7) is -1.01. The first kappa shape index (κ1) is 22.7. The average molecular weight is 514 g/mol. The van der Waals surface area contributed by atoms with Crippen molar-refractivity contribution in [1.29, 1.82) is 0 Å². The molecule has 0 N–H and O–H groups in total. The van der Waals surface area contributed by atoms with E-state index in [-0.39, 0.29) is 48.9 Å². The number of rotatable bonds is 6. The average Bonchev–Trinajstić information content (AvgIpc) is 2.51. The van der Waals surface area contributed by atoms with Crippen molar-refractivity contribution in [1.82, 2.24) is 4.57 Å². The fraction of sp³-hybridized carbons (Fsp3) is 0.267. The number of alkyl halides is 2. The predicted octanol–water partition coefficient (Wildman–Crippen LogP) is 4.32. The molecule has 1 radical (unpaired) electrons. The summed E-state index contributed by atoms with van der Waals surface area (Å²) in [6, 6.07) is 5.47. The fourth-order valence-corrected chi connectivity index (χ4v) is 2.59. The Kier molecular flexibility index (Phi) is 9.14. The Morgan fingerprint density at radius 3 is 2.44 bits per heavy atom. The Labute approximate surface area is 179 Å². The van der Waals surface area contributed by atoms with Gasteiger partial charge in [-0.3, -0.25) is 4.79 Å². The van der Waals surface area contributed by atoms with Crippen molar-refractivity contribution in [3.63, 3.8) is 0 Å². The van der Waals surface area contributed by atoms with E-state index in [2.05, 4.69) is 22.0 Å². The van der Waals surface area contributed by atoms with Crippen molar-refractivity contribution in [2.24, 2.45) is 0 Å². The van der Waals surface area contributed by atoms with Gasteiger partial charge in [-0.05, 0) is 16.3 Å². The van der Waals surface area contributed by atoms with Gasteiger partial charge >= 0.3 is 0 Å². The van der Waals surface area contributed by atoms with Crippen LogP contribution in [0.15, 0.2) is 27.5 Å². The number of nitrogens with zero attached hydrogens (tertiary/aromatic N) is 1. The first-order valence-electron chi connectivity index (χ1n) is 6.55. The molecule has 25 heavy (non-hydrogen) atoms. The van der Waals surface area contributed by atoms with Crippen LogP contribution in [-0.4, -0.2) is 23.2 Å². The van der Waals surface area contributed by atoms with E-state index in [4.69, 9.17) is 4.74 Å². The standard InChI is InChI=1S/C15H11BrF4NO2S.Y/c1-24-7-23-8-4-10(17)14(11(18)5-8)12-3-2-9(16)15(22)21(12)6-13(19)20;/h2,4-5,13H,6-7H2,1H3;/q-1;. The largest absolute Gasteiger partial charge is 0.483 e. The van der Waals surface area contributed by atoms with Crippen molar-refractivity contribution < 1.29 is 55.0 Å². The van der Waals surface area contributed by atoms with E-state index in [9.17, 15) is 22.4 Å². The van der Waals surface area contributed by atoms with E-state index >= 15 is 0 Å². The van der Waals surface area contributed by atoms with Crippen LogP contribution >= 0.6 is 27.7 Å². The summed E-state index contributed by atoms with van der Waals surface area (Å²) in [7, 11) is 0. The molecular formula is C15H11BrF4NO2SY-. The zero-order valence-electron chi connectivity index (χ0n) is 12.9. The van der Waals surface area contributed by atoms with Crippen LogP contribution in [0.1, 0.15) is 0 Å².